The Bertz CT molecular complexity index is 2740. The molecule has 1 unspecified atom stereocenters. The van der Waals surface area contributed by atoms with E-state index in [0.29, 0.717) is 112 Å². The molecular weight excluding hydrogens is 980 g/mol. The summed E-state index contributed by atoms with van der Waals surface area (Å²) in [5, 5.41) is 3.63. The number of carbonyl (C=O) groups excluding carboxylic acids is 4. The quantitative estimate of drug-likeness (QED) is 0.0718. The monoisotopic (exact) mass is 1050 g/mol. The lowest BCUT2D eigenvalue weighted by molar-refractivity contribution is -0.137. The van der Waals surface area contributed by atoms with Crippen molar-refractivity contribution in [3.63, 3.8) is 0 Å². The SMILES string of the molecule is C=C1c2cccc(CCCOCCOCCOCCC(=O)N3CCN(C(=O)N4C(c5ccc(C(C)(C)C)cc5OCC)=N[C@@](C)(c5ccc(Cl)cc5)[C@@]4(C)c4ccc(Cl)cc4)CC3)c2CN1C1CCC(=O)NC1=O. The molecule has 0 radical (unpaired) electrons. The Balaban J connectivity index is 0.814. The number of halogens is 2. The molecule has 2 fully saturated rings. The highest BCUT2D eigenvalue weighted by Crippen LogP contribution is 2.54. The third-order valence-electron chi connectivity index (χ3n) is 15.0. The van der Waals surface area contributed by atoms with Gasteiger partial charge in [0.05, 0.1) is 51.6 Å². The first kappa shape index (κ1) is 54.5. The second-order valence-electron chi connectivity index (χ2n) is 20.6. The van der Waals surface area contributed by atoms with Crippen LogP contribution in [-0.4, -0.2) is 128 Å². The van der Waals surface area contributed by atoms with Crippen LogP contribution >= 0.6 is 23.2 Å². The van der Waals surface area contributed by atoms with Gasteiger partial charge in [-0.2, -0.15) is 0 Å². The van der Waals surface area contributed by atoms with Gasteiger partial charge >= 0.3 is 6.03 Å². The van der Waals surface area contributed by atoms with E-state index in [4.69, 9.17) is 47.1 Å². The maximum absolute atomic E-state index is 15.5. The summed E-state index contributed by atoms with van der Waals surface area (Å²) < 4.78 is 23.7. The molecule has 0 bridgehead atoms. The lowest BCUT2D eigenvalue weighted by Gasteiger charge is -2.47. The number of hydrogen-bond donors (Lipinski definition) is 1. The highest BCUT2D eigenvalue weighted by atomic mass is 35.5. The summed E-state index contributed by atoms with van der Waals surface area (Å²) in [6, 6.07) is 27.0. The number of aryl methyl sites for hydroxylation is 1. The number of piperazine rings is 1. The van der Waals surface area contributed by atoms with Crippen LogP contribution in [0.25, 0.3) is 5.70 Å². The van der Waals surface area contributed by atoms with Gasteiger partial charge in [0, 0.05) is 67.1 Å². The number of amides is 5. The molecule has 0 spiro atoms. The summed E-state index contributed by atoms with van der Waals surface area (Å²) in [6.07, 6.45) is 2.69. The van der Waals surface area contributed by atoms with Crippen molar-refractivity contribution in [3.05, 3.63) is 140 Å². The third-order valence-corrected chi connectivity index (χ3v) is 15.5. The number of imide groups is 1. The number of rotatable bonds is 19. The number of hydrogen-bond acceptors (Lipinski definition) is 10. The number of fused-ring (bicyclic) bond motifs is 1. The molecule has 74 heavy (non-hydrogen) atoms. The van der Waals surface area contributed by atoms with Crippen LogP contribution in [0.1, 0.15) is 106 Å². The standard InChI is InChI=1S/C58H70Cl2N6O8/c1-8-74-50-37-43(56(3,4)5)18-23-47(50)53-62-57(6,41-14-19-44(59)20-15-41)58(7,42-16-21-45(60)22-17-42)66(53)55(70)64-29-27-63(28-30-64)52(68)26-32-72-34-36-73-35-33-71-31-10-12-40-11-9-13-46-39(2)65(38-48(40)46)49-24-25-51(67)61-54(49)69/h9,11,13-23,37,49H,2,8,10,12,24-36,38H2,1,3-7H3,(H,61,67,69)/t49?,57-,58+/m0/s1. The number of aliphatic imine (C=N–C) groups is 1. The maximum Gasteiger partial charge on any atom is 0.326 e. The lowest BCUT2D eigenvalue weighted by atomic mass is 9.71. The van der Waals surface area contributed by atoms with Gasteiger partial charge in [-0.3, -0.25) is 29.6 Å². The highest BCUT2D eigenvalue weighted by molar-refractivity contribution is 6.30. The van der Waals surface area contributed by atoms with E-state index in [1.54, 1.807) is 4.90 Å². The minimum absolute atomic E-state index is 0.0338. The molecule has 0 saturated carbocycles. The van der Waals surface area contributed by atoms with Crippen LogP contribution < -0.4 is 10.1 Å². The molecule has 4 heterocycles. The van der Waals surface area contributed by atoms with Crippen LogP contribution in [0, 0.1) is 0 Å². The van der Waals surface area contributed by atoms with E-state index in [1.807, 2.05) is 88.4 Å². The zero-order chi connectivity index (χ0) is 52.8. The van der Waals surface area contributed by atoms with E-state index < -0.39 is 17.1 Å². The van der Waals surface area contributed by atoms with Crippen molar-refractivity contribution in [2.45, 2.75) is 103 Å². The molecule has 14 nitrogen and oxygen atoms in total. The maximum atomic E-state index is 15.5. The largest absolute Gasteiger partial charge is 0.493 e. The molecular formula is C58H70Cl2N6O8. The van der Waals surface area contributed by atoms with Gasteiger partial charge in [0.15, 0.2) is 0 Å². The highest BCUT2D eigenvalue weighted by Gasteiger charge is 2.60. The van der Waals surface area contributed by atoms with Gasteiger partial charge in [-0.15, -0.1) is 0 Å². The number of piperidine rings is 1. The Labute approximate surface area is 445 Å². The van der Waals surface area contributed by atoms with Gasteiger partial charge in [-0.1, -0.05) is 99.1 Å². The number of amidine groups is 1. The van der Waals surface area contributed by atoms with E-state index in [-0.39, 0.29) is 42.2 Å². The van der Waals surface area contributed by atoms with Crippen molar-refractivity contribution in [2.24, 2.45) is 4.99 Å². The van der Waals surface area contributed by atoms with Gasteiger partial charge < -0.3 is 33.6 Å². The van der Waals surface area contributed by atoms with Gasteiger partial charge in [0.2, 0.25) is 17.7 Å². The summed E-state index contributed by atoms with van der Waals surface area (Å²) in [7, 11) is 0. The van der Waals surface area contributed by atoms with Crippen LogP contribution in [0.4, 0.5) is 4.79 Å². The van der Waals surface area contributed by atoms with Crippen molar-refractivity contribution in [3.8, 4) is 5.75 Å². The fourth-order valence-corrected chi connectivity index (χ4v) is 10.8. The molecule has 1 N–H and O–H groups in total. The smallest absolute Gasteiger partial charge is 0.326 e. The van der Waals surface area contributed by atoms with Crippen molar-refractivity contribution < 1.29 is 38.1 Å². The fourth-order valence-electron chi connectivity index (χ4n) is 10.6. The number of ether oxygens (including phenoxy) is 4. The first-order chi connectivity index (χ1) is 35.4. The zero-order valence-corrected chi connectivity index (χ0v) is 45.2. The van der Waals surface area contributed by atoms with Crippen LogP contribution in [0.5, 0.6) is 5.75 Å². The molecule has 4 aromatic carbocycles. The van der Waals surface area contributed by atoms with Gasteiger partial charge in [-0.05, 0) is 110 Å². The van der Waals surface area contributed by atoms with E-state index in [2.05, 4.69) is 64.7 Å². The van der Waals surface area contributed by atoms with E-state index >= 15 is 4.79 Å². The summed E-state index contributed by atoms with van der Waals surface area (Å²) in [5.74, 6) is 0.607. The molecule has 394 valence electrons. The predicted molar refractivity (Wildman–Crippen MR) is 288 cm³/mol. The molecule has 0 aliphatic carbocycles. The normalized spacial score (nSPS) is 21.0. The second kappa shape index (κ2) is 23.4. The number of carbonyl (C=O) groups is 4. The Kier molecular flexibility index (Phi) is 17.2. The van der Waals surface area contributed by atoms with Gasteiger partial charge in [0.1, 0.15) is 28.7 Å². The molecule has 3 atom stereocenters. The molecule has 8 rings (SSSR count). The van der Waals surface area contributed by atoms with Crippen molar-refractivity contribution >= 4 is 58.5 Å². The van der Waals surface area contributed by atoms with Gasteiger partial charge in [0.25, 0.3) is 0 Å². The van der Waals surface area contributed by atoms with E-state index in [0.717, 1.165) is 40.8 Å². The molecule has 4 aliphatic rings. The van der Waals surface area contributed by atoms with Crippen LogP contribution in [0.2, 0.25) is 10.0 Å². The Hall–Kier alpha value is -5.77. The Morgan fingerprint density at radius 1 is 0.797 bits per heavy atom. The summed E-state index contributed by atoms with van der Waals surface area (Å²) in [5.41, 5.74) is 5.55. The summed E-state index contributed by atoms with van der Waals surface area (Å²) >= 11 is 12.9. The average Bonchev–Trinajstić information content (AvgIpc) is 3.84. The number of urea groups is 1. The minimum Gasteiger partial charge on any atom is -0.493 e. The topological polar surface area (TPSA) is 143 Å². The summed E-state index contributed by atoms with van der Waals surface area (Å²) in [6.45, 7) is 21.7. The van der Waals surface area contributed by atoms with Crippen molar-refractivity contribution in [1.82, 2.24) is 24.9 Å². The first-order valence-corrected chi connectivity index (χ1v) is 26.6. The number of nitrogens with zero attached hydrogens (tertiary/aromatic N) is 5. The molecule has 16 heteroatoms. The van der Waals surface area contributed by atoms with Crippen LogP contribution in [0.15, 0.2) is 96.5 Å². The average molecular weight is 1050 g/mol. The van der Waals surface area contributed by atoms with E-state index in [9.17, 15) is 14.4 Å². The predicted octanol–water partition coefficient (Wildman–Crippen LogP) is 9.51. The van der Waals surface area contributed by atoms with Gasteiger partial charge in [-0.25, -0.2) is 4.79 Å². The Morgan fingerprint density at radius 2 is 1.42 bits per heavy atom. The zero-order valence-electron chi connectivity index (χ0n) is 43.6. The Morgan fingerprint density at radius 3 is 2.05 bits per heavy atom. The molecule has 4 aliphatic heterocycles. The third kappa shape index (κ3) is 11.5. The number of benzene rings is 4. The van der Waals surface area contributed by atoms with E-state index in [1.165, 1.54) is 11.1 Å². The number of nitrogens with one attached hydrogen (secondary N) is 1. The van der Waals surface area contributed by atoms with Crippen molar-refractivity contribution in [1.29, 1.82) is 0 Å². The fraction of sp³-hybridized carbons (Fsp3) is 0.466. The lowest BCUT2D eigenvalue weighted by Crippen LogP contribution is -2.61. The molecule has 0 aromatic heterocycles. The minimum atomic E-state index is -1.07. The second-order valence-corrected chi connectivity index (χ2v) is 21.5. The molecule has 5 amide bonds. The van der Waals surface area contributed by atoms with Crippen LogP contribution in [-0.2, 0) is 58.1 Å². The van der Waals surface area contributed by atoms with Crippen LogP contribution in [0.3, 0.4) is 0 Å². The molecule has 2 saturated heterocycles. The first-order valence-electron chi connectivity index (χ1n) is 25.8. The van der Waals surface area contributed by atoms with Crippen molar-refractivity contribution in [2.75, 3.05) is 72.4 Å². The molecule has 4 aromatic rings. The summed E-state index contributed by atoms with van der Waals surface area (Å²) in [4.78, 5) is 66.2.